The van der Waals surface area contributed by atoms with Crippen LogP contribution in [-0.2, 0) is 4.79 Å². The van der Waals surface area contributed by atoms with Gasteiger partial charge in [-0.15, -0.1) is 0 Å². The Kier molecular flexibility index (Phi) is 6.87. The van der Waals surface area contributed by atoms with Crippen molar-refractivity contribution in [3.63, 3.8) is 0 Å². The van der Waals surface area contributed by atoms with Crippen molar-refractivity contribution in [2.24, 2.45) is 0 Å². The summed E-state index contributed by atoms with van der Waals surface area (Å²) in [7, 11) is 3.22. The van der Waals surface area contributed by atoms with Gasteiger partial charge in [0.05, 0.1) is 26.2 Å². The minimum absolute atomic E-state index is 0.0169. The number of hydrogen-bond donors (Lipinski definition) is 1. The molecule has 0 aromatic heterocycles. The highest BCUT2D eigenvalue weighted by molar-refractivity contribution is 6.11. The number of hydrogen-bond acceptors (Lipinski definition) is 4. The van der Waals surface area contributed by atoms with Gasteiger partial charge in [0.2, 0.25) is 5.91 Å². The van der Waals surface area contributed by atoms with Crippen LogP contribution in [-0.4, -0.2) is 32.1 Å². The van der Waals surface area contributed by atoms with E-state index < -0.39 is 12.0 Å². The van der Waals surface area contributed by atoms with Crippen LogP contribution in [0, 0.1) is 0 Å². The number of rotatable bonds is 7. The number of amides is 2. The van der Waals surface area contributed by atoms with E-state index >= 15 is 0 Å². The molecule has 3 atom stereocenters. The van der Waals surface area contributed by atoms with Crippen molar-refractivity contribution in [3.05, 3.63) is 89.5 Å². The Morgan fingerprint density at radius 2 is 1.53 bits per heavy atom. The lowest BCUT2D eigenvalue weighted by Crippen LogP contribution is -2.48. The first-order valence-corrected chi connectivity index (χ1v) is 11.5. The second-order valence-electron chi connectivity index (χ2n) is 8.47. The molecule has 3 aromatic rings. The molecule has 0 saturated carbocycles. The van der Waals surface area contributed by atoms with Gasteiger partial charge in [0, 0.05) is 17.3 Å². The van der Waals surface area contributed by atoms with E-state index in [0.29, 0.717) is 22.7 Å². The molecule has 2 amide bonds. The van der Waals surface area contributed by atoms with Gasteiger partial charge in [0.25, 0.3) is 5.91 Å². The van der Waals surface area contributed by atoms with Gasteiger partial charge in [-0.3, -0.25) is 14.5 Å². The van der Waals surface area contributed by atoms with Crippen LogP contribution < -0.4 is 19.7 Å². The normalized spacial score (nSPS) is 18.1. The van der Waals surface area contributed by atoms with Crippen LogP contribution in [0.4, 0.5) is 5.69 Å². The predicted octanol–water partition coefficient (Wildman–Crippen LogP) is 5.10. The minimum atomic E-state index is -0.585. The molecule has 1 N–H and O–H groups in total. The molecule has 6 heteroatoms. The molecule has 6 nitrogen and oxygen atoms in total. The maximum Gasteiger partial charge on any atom is 0.259 e. The molecule has 0 radical (unpaired) electrons. The number of ether oxygens (including phenoxy) is 2. The van der Waals surface area contributed by atoms with Gasteiger partial charge < -0.3 is 14.8 Å². The molecule has 34 heavy (non-hydrogen) atoms. The molecule has 1 aliphatic heterocycles. The summed E-state index contributed by atoms with van der Waals surface area (Å²) in [5, 5.41) is 3.15. The maximum absolute atomic E-state index is 13.9. The van der Waals surface area contributed by atoms with E-state index in [1.165, 1.54) is 0 Å². The number of benzene rings is 3. The molecular weight excluding hydrogens is 428 g/mol. The molecule has 0 saturated heterocycles. The van der Waals surface area contributed by atoms with Crippen LogP contribution in [0.2, 0.25) is 0 Å². The molecule has 0 aliphatic carbocycles. The third-order valence-corrected chi connectivity index (χ3v) is 6.43. The molecule has 0 spiro atoms. The average molecular weight is 459 g/mol. The number of methoxy groups -OCH3 is 2. The highest BCUT2D eigenvalue weighted by Crippen LogP contribution is 2.45. The predicted molar refractivity (Wildman–Crippen MR) is 133 cm³/mol. The quantitative estimate of drug-likeness (QED) is 0.535. The Balaban J connectivity index is 1.91. The number of fused-ring (bicyclic) bond motifs is 1. The van der Waals surface area contributed by atoms with Crippen molar-refractivity contribution in [1.29, 1.82) is 0 Å². The van der Waals surface area contributed by atoms with Crippen molar-refractivity contribution >= 4 is 17.5 Å². The zero-order valence-electron chi connectivity index (χ0n) is 19.9. The van der Waals surface area contributed by atoms with E-state index in [2.05, 4.69) is 5.32 Å². The lowest BCUT2D eigenvalue weighted by Gasteiger charge is -2.42. The second kappa shape index (κ2) is 10.00. The number of nitrogens with zero attached hydrogens (tertiary/aromatic N) is 1. The number of nitrogens with one attached hydrogen (secondary N) is 1. The van der Waals surface area contributed by atoms with E-state index in [-0.39, 0.29) is 17.9 Å². The highest BCUT2D eigenvalue weighted by Gasteiger charge is 2.45. The van der Waals surface area contributed by atoms with Gasteiger partial charge in [0.15, 0.2) is 0 Å². The van der Waals surface area contributed by atoms with Crippen molar-refractivity contribution in [3.8, 4) is 11.5 Å². The summed E-state index contributed by atoms with van der Waals surface area (Å²) in [4.78, 5) is 29.3. The SMILES string of the molecule is CC[C@H](C)NC(=O)[C@H]1c2ccccc2C(=O)N(c2ccc(OC)cc2)[C@@H]1c1ccc(OC)cc1. The van der Waals surface area contributed by atoms with Gasteiger partial charge >= 0.3 is 0 Å². The summed E-state index contributed by atoms with van der Waals surface area (Å²) >= 11 is 0. The molecule has 3 aromatic carbocycles. The molecule has 0 fully saturated rings. The molecule has 0 unspecified atom stereocenters. The fourth-order valence-electron chi connectivity index (χ4n) is 4.42. The lowest BCUT2D eigenvalue weighted by molar-refractivity contribution is -0.123. The van der Waals surface area contributed by atoms with Gasteiger partial charge in [-0.2, -0.15) is 0 Å². The van der Waals surface area contributed by atoms with Crippen LogP contribution >= 0.6 is 0 Å². The Bertz CT molecular complexity index is 1160. The van der Waals surface area contributed by atoms with Gasteiger partial charge in [0.1, 0.15) is 11.5 Å². The van der Waals surface area contributed by atoms with Crippen LogP contribution in [0.25, 0.3) is 0 Å². The van der Waals surface area contributed by atoms with Crippen LogP contribution in [0.1, 0.15) is 53.7 Å². The largest absolute Gasteiger partial charge is 0.497 e. The van der Waals surface area contributed by atoms with Gasteiger partial charge in [-0.25, -0.2) is 0 Å². The summed E-state index contributed by atoms with van der Waals surface area (Å²) in [5.41, 5.74) is 2.82. The van der Waals surface area contributed by atoms with E-state index in [1.807, 2.05) is 80.6 Å². The molecule has 1 aliphatic rings. The van der Waals surface area contributed by atoms with Crippen LogP contribution in [0.15, 0.2) is 72.8 Å². The van der Waals surface area contributed by atoms with Crippen LogP contribution in [0.3, 0.4) is 0 Å². The zero-order chi connectivity index (χ0) is 24.2. The first-order valence-electron chi connectivity index (χ1n) is 11.5. The standard InChI is InChI=1S/C28H30N2O4/c1-5-18(2)29-27(31)25-23-8-6-7-9-24(23)28(32)30(20-12-16-22(34-4)17-13-20)26(25)19-10-14-21(33-3)15-11-19/h6-18,25-26H,5H2,1-4H3,(H,29,31)/t18-,25-,26+/m0/s1. The monoisotopic (exact) mass is 458 g/mol. The third-order valence-electron chi connectivity index (χ3n) is 6.43. The number of carbonyl (C=O) groups excluding carboxylic acids is 2. The smallest absolute Gasteiger partial charge is 0.259 e. The molecule has 4 rings (SSSR count). The molecule has 0 bridgehead atoms. The zero-order valence-corrected chi connectivity index (χ0v) is 19.9. The lowest BCUT2D eigenvalue weighted by atomic mass is 9.78. The van der Waals surface area contributed by atoms with Crippen molar-refractivity contribution in [1.82, 2.24) is 5.32 Å². The summed E-state index contributed by atoms with van der Waals surface area (Å²) in [6.07, 6.45) is 0.814. The average Bonchev–Trinajstić information content (AvgIpc) is 2.88. The number of anilines is 1. The summed E-state index contributed by atoms with van der Waals surface area (Å²) < 4.78 is 10.6. The Morgan fingerprint density at radius 1 is 0.941 bits per heavy atom. The first kappa shape index (κ1) is 23.4. The Morgan fingerprint density at radius 3 is 2.12 bits per heavy atom. The van der Waals surface area contributed by atoms with E-state index in [1.54, 1.807) is 25.2 Å². The Hall–Kier alpha value is -3.80. The molecule has 1 heterocycles. The van der Waals surface area contributed by atoms with Crippen molar-refractivity contribution in [2.75, 3.05) is 19.1 Å². The Labute approximate surface area is 200 Å². The molecule has 176 valence electrons. The maximum atomic E-state index is 13.9. The summed E-state index contributed by atoms with van der Waals surface area (Å²) in [6.45, 7) is 4.02. The van der Waals surface area contributed by atoms with Crippen LogP contribution in [0.5, 0.6) is 11.5 Å². The van der Waals surface area contributed by atoms with Crippen molar-refractivity contribution < 1.29 is 19.1 Å². The van der Waals surface area contributed by atoms with E-state index in [0.717, 1.165) is 17.5 Å². The summed E-state index contributed by atoms with van der Waals surface area (Å²) in [6, 6.07) is 21.8. The third kappa shape index (κ3) is 4.36. The second-order valence-corrected chi connectivity index (χ2v) is 8.47. The highest BCUT2D eigenvalue weighted by atomic mass is 16.5. The van der Waals surface area contributed by atoms with Crippen molar-refractivity contribution in [2.45, 2.75) is 38.3 Å². The van der Waals surface area contributed by atoms with Gasteiger partial charge in [-0.05, 0) is 66.9 Å². The number of carbonyl (C=O) groups is 2. The minimum Gasteiger partial charge on any atom is -0.497 e. The molecular formula is C28H30N2O4. The fourth-order valence-corrected chi connectivity index (χ4v) is 4.42. The summed E-state index contributed by atoms with van der Waals surface area (Å²) in [5.74, 6) is 0.574. The fraction of sp³-hybridized carbons (Fsp3) is 0.286. The van der Waals surface area contributed by atoms with Gasteiger partial charge in [-0.1, -0.05) is 37.3 Å². The van der Waals surface area contributed by atoms with E-state index in [9.17, 15) is 9.59 Å². The first-order chi connectivity index (χ1) is 16.5. The topological polar surface area (TPSA) is 67.9 Å². The van der Waals surface area contributed by atoms with E-state index in [4.69, 9.17) is 9.47 Å².